The number of Topliss-reactive ketones (excluding diaryl/α,β-unsaturated/α-hetero) is 1. The number of nitrogens with one attached hydrogen (secondary N) is 2. The van der Waals surface area contributed by atoms with Gasteiger partial charge >= 0.3 is 12.1 Å². The summed E-state index contributed by atoms with van der Waals surface area (Å²) in [6.45, 7) is 7.53. The highest BCUT2D eigenvalue weighted by Gasteiger charge is 2.38. The second kappa shape index (κ2) is 18.7. The Kier molecular flexibility index (Phi) is 14.2. The van der Waals surface area contributed by atoms with Crippen LogP contribution in [-0.4, -0.2) is 40.2 Å². The van der Waals surface area contributed by atoms with Crippen LogP contribution in [0.2, 0.25) is 0 Å². The summed E-state index contributed by atoms with van der Waals surface area (Å²) in [6, 6.07) is 34.2. The molecule has 0 spiro atoms. The molecule has 51 heavy (non-hydrogen) atoms. The van der Waals surface area contributed by atoms with Gasteiger partial charge in [0, 0.05) is 6.42 Å². The lowest BCUT2D eigenvalue weighted by atomic mass is 9.85. The predicted octanol–water partition coefficient (Wildman–Crippen LogP) is 7.02. The Morgan fingerprint density at radius 1 is 0.686 bits per heavy atom. The van der Waals surface area contributed by atoms with E-state index in [4.69, 9.17) is 18.9 Å². The first-order valence-corrected chi connectivity index (χ1v) is 17.0. The monoisotopic (exact) mass is 696 g/mol. The zero-order valence-corrected chi connectivity index (χ0v) is 29.7. The number of benzene rings is 4. The third-order valence-electron chi connectivity index (χ3n) is 7.83. The highest BCUT2D eigenvalue weighted by atomic mass is 16.6. The van der Waals surface area contributed by atoms with Gasteiger partial charge in [0.15, 0.2) is 17.3 Å². The van der Waals surface area contributed by atoms with Crippen LogP contribution < -0.4 is 20.3 Å². The second-order valence-corrected chi connectivity index (χ2v) is 13.5. The van der Waals surface area contributed by atoms with E-state index in [2.05, 4.69) is 10.9 Å². The van der Waals surface area contributed by atoms with Crippen LogP contribution in [0, 0.1) is 0 Å². The molecule has 0 saturated heterocycles. The summed E-state index contributed by atoms with van der Waals surface area (Å²) in [5.41, 5.74) is 6.54. The van der Waals surface area contributed by atoms with Crippen molar-refractivity contribution in [2.24, 2.45) is 0 Å². The molecular weight excluding hydrogens is 648 g/mol. The standard InChI is InChI=1S/C41H48N2O8/c1-40(2,3)51-39(47)42-43-41(4,38(46)34(44)21-14-22-37(45)50-29-32-19-12-7-13-20-32)26-33-23-24-35(48-27-30-15-8-5-9-16-30)36(25-33)49-28-31-17-10-6-11-18-31/h5-13,15-20,23-25,34,43-44H,14,21-22,26-29H2,1-4H3,(H,42,47). The molecule has 4 aromatic carbocycles. The molecule has 4 aromatic rings. The lowest BCUT2D eigenvalue weighted by Crippen LogP contribution is -2.61. The molecular formula is C41H48N2O8. The summed E-state index contributed by atoms with van der Waals surface area (Å²) in [4.78, 5) is 38.9. The van der Waals surface area contributed by atoms with E-state index < -0.39 is 35.1 Å². The van der Waals surface area contributed by atoms with E-state index in [1.165, 1.54) is 0 Å². The summed E-state index contributed by atoms with van der Waals surface area (Å²) in [7, 11) is 0. The molecule has 0 bridgehead atoms. The average Bonchev–Trinajstić information content (AvgIpc) is 3.12. The van der Waals surface area contributed by atoms with Crippen molar-refractivity contribution in [1.82, 2.24) is 10.9 Å². The number of aliphatic hydroxyl groups excluding tert-OH is 1. The van der Waals surface area contributed by atoms with Crippen molar-refractivity contribution >= 4 is 17.8 Å². The van der Waals surface area contributed by atoms with E-state index in [1.807, 2.05) is 97.1 Å². The first-order chi connectivity index (χ1) is 24.4. The number of carbonyl (C=O) groups excluding carboxylic acids is 3. The third-order valence-corrected chi connectivity index (χ3v) is 7.83. The maximum atomic E-state index is 13.9. The van der Waals surface area contributed by atoms with E-state index in [0.29, 0.717) is 23.7 Å². The van der Waals surface area contributed by atoms with Crippen molar-refractivity contribution in [3.63, 3.8) is 0 Å². The number of amides is 1. The summed E-state index contributed by atoms with van der Waals surface area (Å²) in [5, 5.41) is 11.1. The van der Waals surface area contributed by atoms with Gasteiger partial charge in [-0.05, 0) is 81.3 Å². The van der Waals surface area contributed by atoms with Gasteiger partial charge in [-0.25, -0.2) is 10.2 Å². The fourth-order valence-corrected chi connectivity index (χ4v) is 5.21. The van der Waals surface area contributed by atoms with Gasteiger partial charge in [-0.3, -0.25) is 15.0 Å². The van der Waals surface area contributed by atoms with Gasteiger partial charge in [0.2, 0.25) is 0 Å². The highest BCUT2D eigenvalue weighted by molar-refractivity contribution is 5.92. The van der Waals surface area contributed by atoms with Crippen LogP contribution in [0.5, 0.6) is 11.5 Å². The minimum atomic E-state index is -1.49. The maximum absolute atomic E-state index is 13.9. The number of ketones is 1. The number of hydrogen-bond donors (Lipinski definition) is 3. The van der Waals surface area contributed by atoms with Crippen LogP contribution >= 0.6 is 0 Å². The molecule has 0 aliphatic rings. The van der Waals surface area contributed by atoms with E-state index in [9.17, 15) is 19.5 Å². The molecule has 0 saturated carbocycles. The molecule has 0 fully saturated rings. The van der Waals surface area contributed by atoms with Crippen LogP contribution in [0.25, 0.3) is 0 Å². The summed E-state index contributed by atoms with van der Waals surface area (Å²) in [5.74, 6) is -0.0155. The summed E-state index contributed by atoms with van der Waals surface area (Å²) in [6.07, 6.45) is -1.90. The molecule has 0 aromatic heterocycles. The van der Waals surface area contributed by atoms with Gasteiger partial charge < -0.3 is 24.1 Å². The molecule has 10 heteroatoms. The molecule has 0 heterocycles. The first kappa shape index (κ1) is 38.6. The van der Waals surface area contributed by atoms with Crippen LogP contribution in [0.1, 0.15) is 69.2 Å². The Bertz CT molecular complexity index is 1690. The number of esters is 1. The Morgan fingerprint density at radius 2 is 1.22 bits per heavy atom. The Hall–Kier alpha value is -5.19. The van der Waals surface area contributed by atoms with Crippen molar-refractivity contribution in [1.29, 1.82) is 0 Å². The molecule has 0 aliphatic heterocycles. The van der Waals surface area contributed by atoms with Crippen molar-refractivity contribution in [3.8, 4) is 11.5 Å². The first-order valence-electron chi connectivity index (χ1n) is 17.0. The fourth-order valence-electron chi connectivity index (χ4n) is 5.21. The molecule has 0 aliphatic carbocycles. The predicted molar refractivity (Wildman–Crippen MR) is 194 cm³/mol. The van der Waals surface area contributed by atoms with Gasteiger partial charge in [-0.15, -0.1) is 0 Å². The van der Waals surface area contributed by atoms with E-state index in [-0.39, 0.29) is 38.9 Å². The molecule has 1 amide bonds. The molecule has 2 unspecified atom stereocenters. The van der Waals surface area contributed by atoms with Gasteiger partial charge in [0.1, 0.15) is 31.5 Å². The summed E-state index contributed by atoms with van der Waals surface area (Å²) >= 11 is 0. The minimum absolute atomic E-state index is 0.0146. The second-order valence-electron chi connectivity index (χ2n) is 13.5. The maximum Gasteiger partial charge on any atom is 0.422 e. The molecule has 3 N–H and O–H groups in total. The molecule has 10 nitrogen and oxygen atoms in total. The Labute approximate surface area is 300 Å². The topological polar surface area (TPSA) is 132 Å². The van der Waals surface area contributed by atoms with E-state index in [1.54, 1.807) is 39.8 Å². The van der Waals surface area contributed by atoms with E-state index in [0.717, 1.165) is 16.7 Å². The van der Waals surface area contributed by atoms with Crippen molar-refractivity contribution in [3.05, 3.63) is 131 Å². The Morgan fingerprint density at radius 3 is 1.76 bits per heavy atom. The quantitative estimate of drug-likeness (QED) is 0.0742. The van der Waals surface area contributed by atoms with Crippen LogP contribution in [0.3, 0.4) is 0 Å². The number of ether oxygens (including phenoxy) is 4. The fraction of sp³-hybridized carbons (Fsp3) is 0.341. The number of carbonyl (C=O) groups is 3. The molecule has 0 radical (unpaired) electrons. The number of rotatable bonds is 18. The average molecular weight is 697 g/mol. The van der Waals surface area contributed by atoms with Crippen LogP contribution in [0.15, 0.2) is 109 Å². The largest absolute Gasteiger partial charge is 0.485 e. The van der Waals surface area contributed by atoms with Crippen molar-refractivity contribution < 1.29 is 38.4 Å². The molecule has 270 valence electrons. The number of hydrazine groups is 1. The number of hydrogen-bond acceptors (Lipinski definition) is 9. The zero-order valence-electron chi connectivity index (χ0n) is 29.7. The van der Waals surface area contributed by atoms with Gasteiger partial charge in [0.05, 0.1) is 5.54 Å². The smallest absolute Gasteiger partial charge is 0.422 e. The van der Waals surface area contributed by atoms with Gasteiger partial charge in [0.25, 0.3) is 0 Å². The van der Waals surface area contributed by atoms with Crippen molar-refractivity contribution in [2.45, 2.75) is 90.4 Å². The molecule has 2 atom stereocenters. The van der Waals surface area contributed by atoms with Crippen molar-refractivity contribution in [2.75, 3.05) is 0 Å². The normalized spacial score (nSPS) is 13.0. The minimum Gasteiger partial charge on any atom is -0.485 e. The summed E-state index contributed by atoms with van der Waals surface area (Å²) < 4.78 is 23.1. The van der Waals surface area contributed by atoms with E-state index >= 15 is 0 Å². The third kappa shape index (κ3) is 13.2. The zero-order chi connectivity index (χ0) is 36.7. The lowest BCUT2D eigenvalue weighted by molar-refractivity contribution is -0.145. The molecule has 4 rings (SSSR count). The lowest BCUT2D eigenvalue weighted by Gasteiger charge is -2.32. The highest BCUT2D eigenvalue weighted by Crippen LogP contribution is 2.32. The SMILES string of the molecule is CC(C)(C)OC(=O)NNC(C)(Cc1ccc(OCc2ccccc2)c(OCc2ccccc2)c1)C(=O)C(O)CCCC(=O)OCc1ccccc1. The van der Waals surface area contributed by atoms with Gasteiger partial charge in [-0.1, -0.05) is 97.1 Å². The number of aliphatic hydroxyl groups is 1. The Balaban J connectivity index is 1.49. The van der Waals surface area contributed by atoms with Crippen LogP contribution in [0.4, 0.5) is 4.79 Å². The van der Waals surface area contributed by atoms with Gasteiger partial charge in [-0.2, -0.15) is 0 Å². The van der Waals surface area contributed by atoms with Crippen LogP contribution in [-0.2, 0) is 45.3 Å².